The molecule has 0 aliphatic carbocycles. The van der Waals surface area contributed by atoms with Crippen molar-refractivity contribution in [1.29, 1.82) is 0 Å². The molecule has 44 valence electrons. The molecule has 0 fully saturated rings. The molecule has 0 aromatic carbocycles. The summed E-state index contributed by atoms with van der Waals surface area (Å²) in [6.07, 6.45) is 0. The van der Waals surface area contributed by atoms with Gasteiger partial charge in [-0.2, -0.15) is 0 Å². The topological polar surface area (TPSA) is 0 Å². The molecule has 0 aliphatic rings. The van der Waals surface area contributed by atoms with E-state index >= 15 is 0 Å². The summed E-state index contributed by atoms with van der Waals surface area (Å²) in [5, 5.41) is 1.22. The van der Waals surface area contributed by atoms with Crippen LogP contribution in [0.1, 0.15) is 13.8 Å². The Bertz CT molecular complexity index is 23.7. The zero-order valence-corrected chi connectivity index (χ0v) is 10.5. The van der Waals surface area contributed by atoms with E-state index in [4.69, 9.17) is 0 Å². The third-order valence-electron chi connectivity index (χ3n) is 0.471. The van der Waals surface area contributed by atoms with Crippen molar-refractivity contribution in [2.24, 2.45) is 5.92 Å². The lowest BCUT2D eigenvalue weighted by atomic mass is 10.3. The summed E-state index contributed by atoms with van der Waals surface area (Å²) in [6, 6.07) is 0. The molecule has 0 atom stereocenters. The van der Waals surface area contributed by atoms with Crippen molar-refractivity contribution in [2.45, 2.75) is 19.1 Å². The third kappa shape index (κ3) is 18.0. The van der Waals surface area contributed by atoms with Gasteiger partial charge < -0.3 is 0 Å². The van der Waals surface area contributed by atoms with Gasteiger partial charge >= 0.3 is 0 Å². The maximum Gasteiger partial charge on any atom is 0.118 e. The molecular weight excluding hydrogens is 329 g/mol. The average molecular weight is 340 g/mol. The molecule has 3 heteroatoms. The Morgan fingerprint density at radius 3 is 1.43 bits per heavy atom. The lowest BCUT2D eigenvalue weighted by Crippen LogP contribution is -1.80. The summed E-state index contributed by atoms with van der Waals surface area (Å²) in [5.74, 6) is 0.847. The largest absolute Gasteiger partial charge is 0.118 e. The summed E-state index contributed by atoms with van der Waals surface area (Å²) in [5.41, 5.74) is 0. The molecule has 0 saturated carbocycles. The van der Waals surface area contributed by atoms with Gasteiger partial charge in [0.15, 0.2) is 0 Å². The van der Waals surface area contributed by atoms with Gasteiger partial charge in [-0.3, -0.25) is 0 Å². The maximum atomic E-state index is 2.69. The number of hydrogen-bond acceptors (Lipinski definition) is 0. The second-order valence-electron chi connectivity index (χ2n) is 1.63. The zero-order valence-electron chi connectivity index (χ0n) is 4.68. The molecule has 0 aromatic heterocycles. The van der Waals surface area contributed by atoms with Gasteiger partial charge in [0.05, 0.1) is 0 Å². The molecule has 0 N–H and O–H groups in total. The highest BCUT2D eigenvalue weighted by molar-refractivity contribution is 14.0. The van der Waals surface area contributed by atoms with Crippen LogP contribution in [0, 0.1) is 5.92 Å². The quantitative estimate of drug-likeness (QED) is 0.508. The maximum absolute atomic E-state index is 2.69. The summed E-state index contributed by atoms with van der Waals surface area (Å²) < 4.78 is 0. The zero-order chi connectivity index (χ0) is 4.28. The molecular formula is C4H11AlI2. The lowest BCUT2D eigenvalue weighted by molar-refractivity contribution is 0.735. The summed E-state index contributed by atoms with van der Waals surface area (Å²) in [4.78, 5) is 0. The predicted octanol–water partition coefficient (Wildman–Crippen LogP) is 2.47. The van der Waals surface area contributed by atoms with Crippen LogP contribution >= 0.6 is 48.0 Å². The number of hydrogen-bond donors (Lipinski definition) is 0. The van der Waals surface area contributed by atoms with Gasteiger partial charge in [0.25, 0.3) is 0 Å². The van der Waals surface area contributed by atoms with Crippen molar-refractivity contribution < 1.29 is 0 Å². The molecule has 0 aromatic rings. The third-order valence-corrected chi connectivity index (χ3v) is 1.41. The lowest BCUT2D eigenvalue weighted by Gasteiger charge is -1.91. The first-order valence-electron chi connectivity index (χ1n) is 1.97. The van der Waals surface area contributed by atoms with Crippen LogP contribution in [0.2, 0.25) is 5.28 Å². The van der Waals surface area contributed by atoms with E-state index in [1.165, 1.54) is 5.28 Å². The first-order valence-corrected chi connectivity index (χ1v) is 2.79. The van der Waals surface area contributed by atoms with E-state index in [1.807, 2.05) is 0 Å². The van der Waals surface area contributed by atoms with Gasteiger partial charge in [-0.1, -0.05) is 19.8 Å². The van der Waals surface area contributed by atoms with Crippen LogP contribution in [0.25, 0.3) is 0 Å². The van der Waals surface area contributed by atoms with Gasteiger partial charge in [0.1, 0.15) is 16.3 Å². The molecule has 0 spiro atoms. The second kappa shape index (κ2) is 10.9. The Kier molecular flexibility index (Phi) is 24.9. The number of halogens is 2. The molecule has 7 heavy (non-hydrogen) atoms. The monoisotopic (exact) mass is 340 g/mol. The fourth-order valence-electron chi connectivity index (χ4n) is 0. The van der Waals surface area contributed by atoms with Gasteiger partial charge in [-0.05, 0) is 0 Å². The SMILES string of the molecule is CC(C)[CH2][Al].I.I. The second-order valence-corrected chi connectivity index (χ2v) is 2.10. The Hall–Kier alpha value is 1.99. The fraction of sp³-hybridized carbons (Fsp3) is 1.00. The van der Waals surface area contributed by atoms with Crippen molar-refractivity contribution in [3.05, 3.63) is 0 Å². The Labute approximate surface area is 88.3 Å². The normalized spacial score (nSPS) is 6.71. The predicted molar refractivity (Wildman–Crippen MR) is 56.2 cm³/mol. The van der Waals surface area contributed by atoms with E-state index in [9.17, 15) is 0 Å². The summed E-state index contributed by atoms with van der Waals surface area (Å²) in [6.45, 7) is 4.40. The molecule has 0 aliphatic heterocycles. The van der Waals surface area contributed by atoms with Gasteiger partial charge in [0, 0.05) is 0 Å². The van der Waals surface area contributed by atoms with Crippen molar-refractivity contribution in [3.8, 4) is 0 Å². The van der Waals surface area contributed by atoms with E-state index in [-0.39, 0.29) is 48.0 Å². The first-order chi connectivity index (χ1) is 2.27. The van der Waals surface area contributed by atoms with E-state index in [1.54, 1.807) is 0 Å². The van der Waals surface area contributed by atoms with Gasteiger partial charge in [0.2, 0.25) is 0 Å². The van der Waals surface area contributed by atoms with Crippen LogP contribution in [0.5, 0.6) is 0 Å². The van der Waals surface area contributed by atoms with E-state index in [0.29, 0.717) is 0 Å². The van der Waals surface area contributed by atoms with Crippen molar-refractivity contribution >= 4 is 64.2 Å². The molecule has 0 heterocycles. The molecule has 0 amide bonds. The highest BCUT2D eigenvalue weighted by atomic mass is 127. The van der Waals surface area contributed by atoms with Crippen molar-refractivity contribution in [3.63, 3.8) is 0 Å². The number of rotatable bonds is 1. The van der Waals surface area contributed by atoms with Crippen LogP contribution in [-0.2, 0) is 0 Å². The van der Waals surface area contributed by atoms with Crippen LogP contribution in [0.3, 0.4) is 0 Å². The highest BCUT2D eigenvalue weighted by Crippen LogP contribution is 1.92. The molecule has 0 unspecified atom stereocenters. The molecule has 0 saturated heterocycles. The smallest absolute Gasteiger partial charge is 0.116 e. The minimum absolute atomic E-state index is 0. The van der Waals surface area contributed by atoms with E-state index < -0.39 is 0 Å². The Morgan fingerprint density at radius 2 is 1.43 bits per heavy atom. The standard InChI is InChI=1S/C4H9.Al.2HI/c1-4(2)3;;;/h4H,1H2,2-3H3;;2*1H. The van der Waals surface area contributed by atoms with Gasteiger partial charge in [-0.25, -0.2) is 0 Å². The van der Waals surface area contributed by atoms with Crippen molar-refractivity contribution in [2.75, 3.05) is 0 Å². The van der Waals surface area contributed by atoms with Crippen LogP contribution in [-0.4, -0.2) is 16.3 Å². The van der Waals surface area contributed by atoms with E-state index in [2.05, 4.69) is 30.1 Å². The highest BCUT2D eigenvalue weighted by Gasteiger charge is 1.79. The molecule has 0 bridgehead atoms. The minimum atomic E-state index is 0. The van der Waals surface area contributed by atoms with Crippen LogP contribution in [0.4, 0.5) is 0 Å². The van der Waals surface area contributed by atoms with Gasteiger partial charge in [-0.15, -0.1) is 53.2 Å². The molecule has 2 radical (unpaired) electrons. The van der Waals surface area contributed by atoms with Crippen LogP contribution in [0.15, 0.2) is 0 Å². The Balaban J connectivity index is -0.0000000800. The Morgan fingerprint density at radius 1 is 1.29 bits per heavy atom. The average Bonchev–Trinajstić information content (AvgIpc) is 1.38. The fourth-order valence-corrected chi connectivity index (χ4v) is 0. The van der Waals surface area contributed by atoms with E-state index in [0.717, 1.165) is 5.92 Å². The minimum Gasteiger partial charge on any atom is -0.116 e. The molecule has 0 rings (SSSR count). The summed E-state index contributed by atoms with van der Waals surface area (Å²) >= 11 is 2.69. The van der Waals surface area contributed by atoms with Crippen molar-refractivity contribution in [1.82, 2.24) is 0 Å². The summed E-state index contributed by atoms with van der Waals surface area (Å²) in [7, 11) is 0. The molecule has 0 nitrogen and oxygen atoms in total. The first kappa shape index (κ1) is 16.0. The van der Waals surface area contributed by atoms with Crippen LogP contribution < -0.4 is 0 Å².